The summed E-state index contributed by atoms with van der Waals surface area (Å²) in [4.78, 5) is 12.4. The molecule has 0 aliphatic carbocycles. The number of sulfonamides is 1. The Morgan fingerprint density at radius 2 is 1.96 bits per heavy atom. The molecule has 0 spiro atoms. The summed E-state index contributed by atoms with van der Waals surface area (Å²) in [5.74, 6) is 0.258. The van der Waals surface area contributed by atoms with E-state index in [1.807, 2.05) is 25.1 Å². The van der Waals surface area contributed by atoms with Crippen molar-refractivity contribution in [1.29, 1.82) is 0 Å². The zero-order valence-corrected chi connectivity index (χ0v) is 15.9. The molecule has 1 heterocycles. The number of methoxy groups -OCH3 is 1. The van der Waals surface area contributed by atoms with E-state index in [-0.39, 0.29) is 23.3 Å². The number of fused-ring (bicyclic) bond motifs is 1. The first-order valence-electron chi connectivity index (χ1n) is 8.82. The minimum atomic E-state index is -3.70. The first-order chi connectivity index (χ1) is 12.5. The first-order valence-corrected chi connectivity index (χ1v) is 10.3. The maximum atomic E-state index is 13.3. The molecule has 1 amide bonds. The van der Waals surface area contributed by atoms with Gasteiger partial charge in [0.15, 0.2) is 0 Å². The Morgan fingerprint density at radius 3 is 2.65 bits per heavy atom. The predicted octanol–water partition coefficient (Wildman–Crippen LogP) is 2.39. The van der Waals surface area contributed by atoms with E-state index >= 15 is 0 Å². The molecule has 0 bridgehead atoms. The van der Waals surface area contributed by atoms with Crippen LogP contribution in [0.1, 0.15) is 19.8 Å². The fraction of sp³-hybridized carbons (Fsp3) is 0.421. The van der Waals surface area contributed by atoms with Crippen molar-refractivity contribution in [3.8, 4) is 5.75 Å². The highest BCUT2D eigenvalue weighted by molar-refractivity contribution is 7.89. The van der Waals surface area contributed by atoms with Crippen LogP contribution in [0.25, 0.3) is 10.8 Å². The lowest BCUT2D eigenvalue weighted by atomic mass is 9.99. The number of nitrogens with one attached hydrogen (secondary N) is 1. The van der Waals surface area contributed by atoms with Crippen molar-refractivity contribution >= 4 is 26.7 Å². The summed E-state index contributed by atoms with van der Waals surface area (Å²) in [6.07, 6.45) is 1.39. The molecule has 7 heteroatoms. The fourth-order valence-electron chi connectivity index (χ4n) is 3.48. The number of hydrogen-bond acceptors (Lipinski definition) is 4. The fourth-order valence-corrected chi connectivity index (χ4v) is 5.20. The van der Waals surface area contributed by atoms with Gasteiger partial charge in [-0.25, -0.2) is 8.42 Å². The van der Waals surface area contributed by atoms with Crippen molar-refractivity contribution < 1.29 is 17.9 Å². The first kappa shape index (κ1) is 18.7. The van der Waals surface area contributed by atoms with Gasteiger partial charge in [0.05, 0.1) is 17.9 Å². The minimum Gasteiger partial charge on any atom is -0.496 e. The van der Waals surface area contributed by atoms with Gasteiger partial charge in [-0.15, -0.1) is 0 Å². The van der Waals surface area contributed by atoms with Crippen LogP contribution < -0.4 is 10.1 Å². The quantitative estimate of drug-likeness (QED) is 0.869. The third-order valence-electron chi connectivity index (χ3n) is 4.79. The lowest BCUT2D eigenvalue weighted by Gasteiger charge is -2.31. The molecule has 2 aromatic rings. The molecule has 0 saturated carbocycles. The molecule has 6 nitrogen and oxygen atoms in total. The average Bonchev–Trinajstić information content (AvgIpc) is 2.67. The van der Waals surface area contributed by atoms with Crippen LogP contribution in [0, 0.1) is 5.92 Å². The number of carbonyl (C=O) groups excluding carboxylic acids is 1. The molecule has 1 saturated heterocycles. The minimum absolute atomic E-state index is 0.0769. The summed E-state index contributed by atoms with van der Waals surface area (Å²) in [7, 11) is -2.13. The SMILES string of the molecule is CCNC(=O)[C@H]1CCCN(S(=O)(=O)c2ccc(OC)c3ccccc23)C1. The second-order valence-corrected chi connectivity index (χ2v) is 8.31. The van der Waals surface area contributed by atoms with Gasteiger partial charge >= 0.3 is 0 Å². The van der Waals surface area contributed by atoms with E-state index in [4.69, 9.17) is 4.74 Å². The van der Waals surface area contributed by atoms with Crippen molar-refractivity contribution in [2.45, 2.75) is 24.7 Å². The van der Waals surface area contributed by atoms with Crippen molar-refractivity contribution in [2.75, 3.05) is 26.7 Å². The van der Waals surface area contributed by atoms with Crippen LogP contribution in [-0.2, 0) is 14.8 Å². The number of benzene rings is 2. The normalized spacial score (nSPS) is 18.6. The third kappa shape index (κ3) is 3.41. The van der Waals surface area contributed by atoms with Crippen LogP contribution in [0.4, 0.5) is 0 Å². The van der Waals surface area contributed by atoms with Crippen LogP contribution in [0.5, 0.6) is 5.75 Å². The maximum absolute atomic E-state index is 13.3. The summed E-state index contributed by atoms with van der Waals surface area (Å²) in [5.41, 5.74) is 0. The van der Waals surface area contributed by atoms with Gasteiger partial charge in [0.25, 0.3) is 0 Å². The molecule has 0 unspecified atom stereocenters. The summed E-state index contributed by atoms with van der Waals surface area (Å²) in [6.45, 7) is 3.05. The Morgan fingerprint density at radius 1 is 1.23 bits per heavy atom. The highest BCUT2D eigenvalue weighted by Crippen LogP contribution is 2.33. The van der Waals surface area contributed by atoms with E-state index in [1.54, 1.807) is 25.3 Å². The number of nitrogens with zero attached hydrogens (tertiary/aromatic N) is 1. The lowest BCUT2D eigenvalue weighted by Crippen LogP contribution is -2.45. The van der Waals surface area contributed by atoms with Gasteiger partial charge in [-0.2, -0.15) is 4.31 Å². The summed E-state index contributed by atoms with van der Waals surface area (Å²) < 4.78 is 33.4. The zero-order valence-electron chi connectivity index (χ0n) is 15.1. The molecular formula is C19H24N2O4S. The molecule has 1 aliphatic heterocycles. The third-order valence-corrected chi connectivity index (χ3v) is 6.71. The van der Waals surface area contributed by atoms with Crippen LogP contribution in [0.15, 0.2) is 41.3 Å². The highest BCUT2D eigenvalue weighted by atomic mass is 32.2. The zero-order chi connectivity index (χ0) is 18.7. The monoisotopic (exact) mass is 376 g/mol. The molecule has 1 fully saturated rings. The van der Waals surface area contributed by atoms with Crippen molar-refractivity contribution in [1.82, 2.24) is 9.62 Å². The van der Waals surface area contributed by atoms with Crippen LogP contribution in [0.3, 0.4) is 0 Å². The van der Waals surface area contributed by atoms with Crippen molar-refractivity contribution in [3.05, 3.63) is 36.4 Å². The number of ether oxygens (including phenoxy) is 1. The van der Waals surface area contributed by atoms with E-state index in [0.29, 0.717) is 37.1 Å². The molecule has 3 rings (SSSR count). The van der Waals surface area contributed by atoms with Gasteiger partial charge in [0.1, 0.15) is 5.75 Å². The molecule has 26 heavy (non-hydrogen) atoms. The molecule has 1 atom stereocenters. The van der Waals surface area contributed by atoms with Gasteiger partial charge in [0, 0.05) is 30.4 Å². The topological polar surface area (TPSA) is 75.7 Å². The van der Waals surface area contributed by atoms with Gasteiger partial charge < -0.3 is 10.1 Å². The molecular weight excluding hydrogens is 352 g/mol. The molecule has 140 valence electrons. The number of rotatable bonds is 5. The van der Waals surface area contributed by atoms with Gasteiger partial charge in [0.2, 0.25) is 15.9 Å². The Labute approximate surface area is 154 Å². The number of carbonyl (C=O) groups is 1. The second-order valence-electron chi connectivity index (χ2n) is 6.41. The molecule has 0 radical (unpaired) electrons. The van der Waals surface area contributed by atoms with E-state index in [0.717, 1.165) is 5.39 Å². The van der Waals surface area contributed by atoms with E-state index in [2.05, 4.69) is 5.32 Å². The van der Waals surface area contributed by atoms with Gasteiger partial charge in [-0.1, -0.05) is 24.3 Å². The summed E-state index contributed by atoms with van der Waals surface area (Å²) >= 11 is 0. The molecule has 1 N–H and O–H groups in total. The standard InChI is InChI=1S/C19H24N2O4S/c1-3-20-19(22)14-7-6-12-21(13-14)26(23,24)18-11-10-17(25-2)15-8-4-5-9-16(15)18/h4-5,8-11,14H,3,6-7,12-13H2,1-2H3,(H,20,22)/t14-/m0/s1. The number of hydrogen-bond donors (Lipinski definition) is 1. The van der Waals surface area contributed by atoms with Crippen LogP contribution in [-0.4, -0.2) is 45.4 Å². The highest BCUT2D eigenvalue weighted by Gasteiger charge is 2.34. The predicted molar refractivity (Wildman–Crippen MR) is 101 cm³/mol. The summed E-state index contributed by atoms with van der Waals surface area (Å²) in [6, 6.07) is 10.6. The second kappa shape index (κ2) is 7.63. The maximum Gasteiger partial charge on any atom is 0.243 e. The van der Waals surface area contributed by atoms with Crippen molar-refractivity contribution in [2.24, 2.45) is 5.92 Å². The van der Waals surface area contributed by atoms with E-state index in [9.17, 15) is 13.2 Å². The van der Waals surface area contributed by atoms with Crippen LogP contribution in [0.2, 0.25) is 0 Å². The average molecular weight is 376 g/mol. The van der Waals surface area contributed by atoms with Crippen LogP contribution >= 0.6 is 0 Å². The number of amides is 1. The van der Waals surface area contributed by atoms with Gasteiger partial charge in [-0.3, -0.25) is 4.79 Å². The Hall–Kier alpha value is -2.12. The Bertz CT molecular complexity index is 911. The number of piperidine rings is 1. The Balaban J connectivity index is 1.98. The largest absolute Gasteiger partial charge is 0.496 e. The van der Waals surface area contributed by atoms with Crippen molar-refractivity contribution in [3.63, 3.8) is 0 Å². The molecule has 0 aromatic heterocycles. The van der Waals surface area contributed by atoms with E-state index in [1.165, 1.54) is 4.31 Å². The molecule has 1 aliphatic rings. The lowest BCUT2D eigenvalue weighted by molar-refractivity contribution is -0.125. The summed E-state index contributed by atoms with van der Waals surface area (Å²) in [5, 5.41) is 4.18. The smallest absolute Gasteiger partial charge is 0.243 e. The Kier molecular flexibility index (Phi) is 5.48. The van der Waals surface area contributed by atoms with Gasteiger partial charge in [-0.05, 0) is 31.9 Å². The van der Waals surface area contributed by atoms with E-state index < -0.39 is 10.0 Å². The molecule has 2 aromatic carbocycles.